The Bertz CT molecular complexity index is 603. The number of hydrogen-bond donors (Lipinski definition) is 1. The molecule has 0 radical (unpaired) electrons. The monoisotopic (exact) mass is 334 g/mol. The molecule has 24 heavy (non-hydrogen) atoms. The van der Waals surface area contributed by atoms with Gasteiger partial charge < -0.3 is 10.2 Å². The van der Waals surface area contributed by atoms with Crippen LogP contribution in [0.1, 0.15) is 45.6 Å². The molecule has 0 fully saturated rings. The first-order valence-electron chi connectivity index (χ1n) is 8.64. The van der Waals surface area contributed by atoms with Crippen LogP contribution in [0.4, 0.5) is 10.1 Å². The summed E-state index contributed by atoms with van der Waals surface area (Å²) in [5.41, 5.74) is 1.22. The maximum Gasteiger partial charge on any atom is 0.237 e. The van der Waals surface area contributed by atoms with Gasteiger partial charge in [-0.3, -0.25) is 9.59 Å². The van der Waals surface area contributed by atoms with Gasteiger partial charge in [0.1, 0.15) is 6.67 Å². The summed E-state index contributed by atoms with van der Waals surface area (Å²) >= 11 is 0. The highest BCUT2D eigenvalue weighted by Gasteiger charge is 2.49. The van der Waals surface area contributed by atoms with Crippen LogP contribution >= 0.6 is 0 Å². The molecule has 0 aromatic heterocycles. The van der Waals surface area contributed by atoms with Gasteiger partial charge in [-0.25, -0.2) is 4.39 Å². The number of para-hydroxylation sites is 1. The number of anilines is 1. The Morgan fingerprint density at radius 2 is 2.04 bits per heavy atom. The van der Waals surface area contributed by atoms with Gasteiger partial charge in [-0.15, -0.1) is 0 Å². The molecule has 0 aliphatic carbocycles. The lowest BCUT2D eigenvalue weighted by molar-refractivity contribution is -0.124. The molecule has 0 unspecified atom stereocenters. The van der Waals surface area contributed by atoms with Crippen LogP contribution in [0.25, 0.3) is 0 Å². The molecule has 1 aliphatic rings. The smallest absolute Gasteiger partial charge is 0.237 e. The second-order valence-electron chi connectivity index (χ2n) is 6.93. The average molecular weight is 334 g/mol. The fourth-order valence-corrected chi connectivity index (χ4v) is 3.80. The summed E-state index contributed by atoms with van der Waals surface area (Å²) in [5, 5.41) is 2.79. The highest BCUT2D eigenvalue weighted by atomic mass is 19.1. The Morgan fingerprint density at radius 1 is 1.33 bits per heavy atom. The molecule has 0 saturated heterocycles. The predicted molar refractivity (Wildman–Crippen MR) is 93.8 cm³/mol. The number of carbonyl (C=O) groups is 2. The molecular weight excluding hydrogens is 307 g/mol. The first-order valence-corrected chi connectivity index (χ1v) is 8.64. The zero-order chi connectivity index (χ0) is 17.7. The van der Waals surface area contributed by atoms with Crippen LogP contribution < -0.4 is 10.2 Å². The second kappa shape index (κ2) is 7.77. The van der Waals surface area contributed by atoms with E-state index in [1.54, 1.807) is 4.90 Å². The molecular formula is C19H27FN2O2. The summed E-state index contributed by atoms with van der Waals surface area (Å²) in [5.74, 6) is 0.274. The van der Waals surface area contributed by atoms with Crippen LogP contribution in [-0.4, -0.2) is 31.6 Å². The van der Waals surface area contributed by atoms with Gasteiger partial charge in [0, 0.05) is 19.2 Å². The predicted octanol–water partition coefficient (Wildman–Crippen LogP) is 3.20. The van der Waals surface area contributed by atoms with Crippen molar-refractivity contribution in [3.63, 3.8) is 0 Å². The van der Waals surface area contributed by atoms with Crippen molar-refractivity contribution in [3.05, 3.63) is 29.8 Å². The van der Waals surface area contributed by atoms with Crippen LogP contribution in [0.3, 0.4) is 0 Å². The van der Waals surface area contributed by atoms with E-state index in [0.29, 0.717) is 18.9 Å². The summed E-state index contributed by atoms with van der Waals surface area (Å²) in [6, 6.07) is 7.72. The van der Waals surface area contributed by atoms with Crippen molar-refractivity contribution in [2.45, 2.75) is 45.4 Å². The molecule has 1 atom stereocenters. The third-order valence-corrected chi connectivity index (χ3v) is 4.58. The van der Waals surface area contributed by atoms with Gasteiger partial charge >= 0.3 is 0 Å². The molecule has 0 spiro atoms. The van der Waals surface area contributed by atoms with E-state index in [0.717, 1.165) is 24.1 Å². The van der Waals surface area contributed by atoms with Gasteiger partial charge in [0.2, 0.25) is 11.8 Å². The Hall–Kier alpha value is -1.91. The average Bonchev–Trinajstić information content (AvgIpc) is 2.75. The first kappa shape index (κ1) is 18.4. The number of alkyl halides is 1. The van der Waals surface area contributed by atoms with E-state index < -0.39 is 12.1 Å². The number of benzene rings is 1. The summed E-state index contributed by atoms with van der Waals surface area (Å²) in [4.78, 5) is 25.9. The summed E-state index contributed by atoms with van der Waals surface area (Å²) in [6.07, 6.45) is 2.10. The van der Waals surface area contributed by atoms with Crippen LogP contribution in [-0.2, 0) is 15.0 Å². The number of fused-ring (bicyclic) bond motifs is 1. The molecule has 2 amide bonds. The van der Waals surface area contributed by atoms with E-state index >= 15 is 0 Å². The number of hydrogen-bond acceptors (Lipinski definition) is 2. The van der Waals surface area contributed by atoms with Crippen molar-refractivity contribution in [2.24, 2.45) is 5.92 Å². The maximum atomic E-state index is 13.2. The molecule has 0 saturated carbocycles. The van der Waals surface area contributed by atoms with Gasteiger partial charge in [-0.1, -0.05) is 32.0 Å². The number of nitrogens with one attached hydrogen (secondary N) is 1. The van der Waals surface area contributed by atoms with E-state index in [-0.39, 0.29) is 18.4 Å². The number of nitrogens with zero attached hydrogens (tertiary/aromatic N) is 1. The minimum Gasteiger partial charge on any atom is -0.356 e. The van der Waals surface area contributed by atoms with Crippen LogP contribution in [0.5, 0.6) is 0 Å². The highest BCUT2D eigenvalue weighted by molar-refractivity contribution is 6.08. The van der Waals surface area contributed by atoms with Gasteiger partial charge in [0.15, 0.2) is 0 Å². The summed E-state index contributed by atoms with van der Waals surface area (Å²) < 4.78 is 13.0. The minimum atomic E-state index is -0.613. The van der Waals surface area contributed by atoms with Crippen LogP contribution in [0.15, 0.2) is 24.3 Å². The van der Waals surface area contributed by atoms with Gasteiger partial charge in [0.25, 0.3) is 0 Å². The van der Waals surface area contributed by atoms with Crippen molar-refractivity contribution < 1.29 is 14.0 Å². The molecule has 1 aromatic rings. The highest BCUT2D eigenvalue weighted by Crippen LogP contribution is 2.48. The minimum absolute atomic E-state index is 0.00197. The number of amides is 2. The van der Waals surface area contributed by atoms with Crippen molar-refractivity contribution in [1.82, 2.24) is 5.32 Å². The van der Waals surface area contributed by atoms with Gasteiger partial charge in [-0.2, -0.15) is 0 Å². The Balaban J connectivity index is 2.34. The third kappa shape index (κ3) is 3.60. The largest absolute Gasteiger partial charge is 0.356 e. The van der Waals surface area contributed by atoms with E-state index in [1.165, 1.54) is 6.92 Å². The Morgan fingerprint density at radius 3 is 2.67 bits per heavy atom. The van der Waals surface area contributed by atoms with Crippen LogP contribution in [0, 0.1) is 5.92 Å². The van der Waals surface area contributed by atoms with Gasteiger partial charge in [0.05, 0.1) is 12.0 Å². The van der Waals surface area contributed by atoms with E-state index in [4.69, 9.17) is 0 Å². The van der Waals surface area contributed by atoms with Crippen molar-refractivity contribution in [2.75, 3.05) is 24.7 Å². The quantitative estimate of drug-likeness (QED) is 0.742. The van der Waals surface area contributed by atoms with E-state index in [2.05, 4.69) is 19.2 Å². The van der Waals surface area contributed by atoms with E-state index in [9.17, 15) is 14.0 Å². The topological polar surface area (TPSA) is 49.4 Å². The molecule has 1 aromatic carbocycles. The lowest BCUT2D eigenvalue weighted by Crippen LogP contribution is -2.42. The molecule has 1 aliphatic heterocycles. The fraction of sp³-hybridized carbons (Fsp3) is 0.579. The molecule has 0 bridgehead atoms. The number of halogens is 1. The lowest BCUT2D eigenvalue weighted by Gasteiger charge is -2.30. The van der Waals surface area contributed by atoms with Crippen molar-refractivity contribution in [3.8, 4) is 0 Å². The van der Waals surface area contributed by atoms with Crippen molar-refractivity contribution in [1.29, 1.82) is 0 Å². The molecule has 132 valence electrons. The molecule has 4 nitrogen and oxygen atoms in total. The maximum absolute atomic E-state index is 13.2. The standard InChI is InChI=1S/C19H27FN2O2/c1-14(2)13-19(9-6-11-21-15(3)23)16-7-4-5-8-17(16)22(12-10-20)18(19)24/h4-5,7-8,14H,6,9-13H2,1-3H3,(H,21,23)/t19-/m1/s1. The van der Waals surface area contributed by atoms with E-state index in [1.807, 2.05) is 24.3 Å². The zero-order valence-electron chi connectivity index (χ0n) is 14.8. The Kier molecular flexibility index (Phi) is 5.97. The van der Waals surface area contributed by atoms with Crippen LogP contribution in [0.2, 0.25) is 0 Å². The lowest BCUT2D eigenvalue weighted by atomic mass is 9.72. The molecule has 1 heterocycles. The SMILES string of the molecule is CC(=O)NCCC[C@]1(CC(C)C)C(=O)N(CCF)c2ccccc21. The fourth-order valence-electron chi connectivity index (χ4n) is 3.80. The summed E-state index contributed by atoms with van der Waals surface area (Å²) in [7, 11) is 0. The zero-order valence-corrected chi connectivity index (χ0v) is 14.8. The number of carbonyl (C=O) groups excluding carboxylic acids is 2. The first-order chi connectivity index (χ1) is 11.4. The second-order valence-corrected chi connectivity index (χ2v) is 6.93. The molecule has 5 heteroatoms. The summed E-state index contributed by atoms with van der Waals surface area (Å²) in [6.45, 7) is 5.79. The van der Waals surface area contributed by atoms with Crippen molar-refractivity contribution >= 4 is 17.5 Å². The normalized spacial score (nSPS) is 19.7. The van der Waals surface area contributed by atoms with Gasteiger partial charge in [-0.05, 0) is 36.8 Å². The molecule has 2 rings (SSSR count). The number of rotatable bonds is 8. The molecule has 1 N–H and O–H groups in total. The Labute approximate surface area is 143 Å². The third-order valence-electron chi connectivity index (χ3n) is 4.58.